The van der Waals surface area contributed by atoms with Gasteiger partial charge in [-0.2, -0.15) is 0 Å². The molecule has 4 N–H and O–H groups in total. The van der Waals surface area contributed by atoms with Crippen molar-refractivity contribution in [1.29, 1.82) is 0 Å². The van der Waals surface area contributed by atoms with Gasteiger partial charge in [-0.05, 0) is 51.7 Å². The molecule has 0 aromatic carbocycles. The Bertz CT molecular complexity index is 148. The number of hydrogen-bond donors (Lipinski definition) is 4. The molecule has 4 nitrogen and oxygen atoms in total. The van der Waals surface area contributed by atoms with Gasteiger partial charge in [0.05, 0.1) is 6.10 Å². The molecule has 0 heterocycles. The Labute approximate surface area is 106 Å². The number of rotatable bonds is 12. The maximum atomic E-state index is 10.1. The fraction of sp³-hybridized carbons (Fsp3) is 1.00. The van der Waals surface area contributed by atoms with Crippen molar-refractivity contribution < 1.29 is 10.2 Å². The molecule has 2 unspecified atom stereocenters. The molecule has 17 heavy (non-hydrogen) atoms. The molecular weight excluding hydrogens is 216 g/mol. The minimum Gasteiger partial charge on any atom is -0.396 e. The lowest BCUT2D eigenvalue weighted by Crippen LogP contribution is -2.40. The molecule has 0 aliphatic heterocycles. The first kappa shape index (κ1) is 16.8. The number of nitrogens with one attached hydrogen (secondary N) is 2. The van der Waals surface area contributed by atoms with E-state index in [1.807, 2.05) is 0 Å². The molecule has 104 valence electrons. The van der Waals surface area contributed by atoms with Crippen LogP contribution < -0.4 is 10.6 Å². The van der Waals surface area contributed by atoms with Gasteiger partial charge in [-0.3, -0.25) is 0 Å². The van der Waals surface area contributed by atoms with Crippen molar-refractivity contribution in [3.63, 3.8) is 0 Å². The zero-order valence-corrected chi connectivity index (χ0v) is 11.4. The first-order valence-electron chi connectivity index (χ1n) is 6.99. The van der Waals surface area contributed by atoms with E-state index < -0.39 is 0 Å². The maximum absolute atomic E-state index is 10.1. The summed E-state index contributed by atoms with van der Waals surface area (Å²) in [6.07, 6.45) is 4.19. The van der Waals surface area contributed by atoms with Crippen LogP contribution in [0, 0.1) is 0 Å². The summed E-state index contributed by atoms with van der Waals surface area (Å²) >= 11 is 0. The lowest BCUT2D eigenvalue weighted by Gasteiger charge is -2.24. The smallest absolute Gasteiger partial charge is 0.0693 e. The van der Waals surface area contributed by atoms with Gasteiger partial charge in [-0.25, -0.2) is 0 Å². The van der Waals surface area contributed by atoms with Gasteiger partial charge < -0.3 is 20.8 Å². The highest BCUT2D eigenvalue weighted by molar-refractivity contribution is 4.76. The van der Waals surface area contributed by atoms with Crippen LogP contribution in [0.2, 0.25) is 0 Å². The lowest BCUT2D eigenvalue weighted by molar-refractivity contribution is 0.107. The summed E-state index contributed by atoms with van der Waals surface area (Å²) in [6.45, 7) is 7.29. The highest BCUT2D eigenvalue weighted by Crippen LogP contribution is 2.08. The van der Waals surface area contributed by atoms with Crippen LogP contribution in [0.4, 0.5) is 0 Å². The summed E-state index contributed by atoms with van der Waals surface area (Å²) in [6, 6.07) is 0.128. The van der Waals surface area contributed by atoms with E-state index in [-0.39, 0.29) is 18.8 Å². The molecule has 0 aliphatic rings. The van der Waals surface area contributed by atoms with Gasteiger partial charge in [0, 0.05) is 12.6 Å². The molecule has 4 heteroatoms. The van der Waals surface area contributed by atoms with E-state index in [1.54, 1.807) is 0 Å². The molecule has 0 rings (SSSR count). The van der Waals surface area contributed by atoms with E-state index in [4.69, 9.17) is 5.11 Å². The van der Waals surface area contributed by atoms with Crippen LogP contribution in [0.1, 0.15) is 46.0 Å². The second kappa shape index (κ2) is 12.3. The molecule has 0 aromatic heterocycles. The van der Waals surface area contributed by atoms with E-state index in [0.717, 1.165) is 51.7 Å². The molecule has 0 radical (unpaired) electrons. The zero-order chi connectivity index (χ0) is 12.9. The predicted octanol–water partition coefficient (Wildman–Crippen LogP) is 0.878. The van der Waals surface area contributed by atoms with Gasteiger partial charge in [0.15, 0.2) is 0 Å². The van der Waals surface area contributed by atoms with Crippen molar-refractivity contribution in [2.45, 2.75) is 58.1 Å². The summed E-state index contributed by atoms with van der Waals surface area (Å²) in [4.78, 5) is 0. The maximum Gasteiger partial charge on any atom is 0.0693 e. The second-order valence-electron chi connectivity index (χ2n) is 4.49. The van der Waals surface area contributed by atoms with E-state index in [9.17, 15) is 5.11 Å². The normalized spacial score (nSPS) is 14.8. The fourth-order valence-corrected chi connectivity index (χ4v) is 1.89. The SMILES string of the molecule is CCCNC(CCCO)C(O)CCCNCC. The Morgan fingerprint density at radius 3 is 2.41 bits per heavy atom. The molecule has 0 bridgehead atoms. The molecule has 0 saturated heterocycles. The van der Waals surface area contributed by atoms with E-state index in [0.29, 0.717) is 0 Å². The summed E-state index contributed by atoms with van der Waals surface area (Å²) in [7, 11) is 0. The van der Waals surface area contributed by atoms with Gasteiger partial charge in [0.25, 0.3) is 0 Å². The third-order valence-electron chi connectivity index (χ3n) is 2.90. The highest BCUT2D eigenvalue weighted by atomic mass is 16.3. The Balaban J connectivity index is 3.80. The summed E-state index contributed by atoms with van der Waals surface area (Å²) in [5.41, 5.74) is 0. The third-order valence-corrected chi connectivity index (χ3v) is 2.90. The van der Waals surface area contributed by atoms with Gasteiger partial charge in [0.1, 0.15) is 0 Å². The zero-order valence-electron chi connectivity index (χ0n) is 11.4. The third kappa shape index (κ3) is 9.53. The van der Waals surface area contributed by atoms with Gasteiger partial charge in [-0.1, -0.05) is 13.8 Å². The largest absolute Gasteiger partial charge is 0.396 e. The van der Waals surface area contributed by atoms with Crippen molar-refractivity contribution in [2.24, 2.45) is 0 Å². The standard InChI is InChI=1S/C13H30N2O2/c1-3-9-15-12(7-6-11-16)13(17)8-5-10-14-4-2/h12-17H,3-11H2,1-2H3. The monoisotopic (exact) mass is 246 g/mol. The van der Waals surface area contributed by atoms with Crippen LogP contribution in [0.3, 0.4) is 0 Å². The average molecular weight is 246 g/mol. The minimum atomic E-state index is -0.299. The van der Waals surface area contributed by atoms with Gasteiger partial charge in [0.2, 0.25) is 0 Å². The lowest BCUT2D eigenvalue weighted by atomic mass is 10.0. The quantitative estimate of drug-likeness (QED) is 0.386. The Morgan fingerprint density at radius 1 is 1.06 bits per heavy atom. The molecule has 2 atom stereocenters. The fourth-order valence-electron chi connectivity index (χ4n) is 1.89. The summed E-state index contributed by atoms with van der Waals surface area (Å²) in [5.74, 6) is 0. The van der Waals surface area contributed by atoms with Crippen LogP contribution in [-0.2, 0) is 0 Å². The summed E-state index contributed by atoms with van der Waals surface area (Å²) < 4.78 is 0. The average Bonchev–Trinajstić information content (AvgIpc) is 2.34. The number of aliphatic hydroxyl groups is 2. The van der Waals surface area contributed by atoms with Crippen LogP contribution in [0.15, 0.2) is 0 Å². The van der Waals surface area contributed by atoms with Crippen LogP contribution in [-0.4, -0.2) is 48.6 Å². The van der Waals surface area contributed by atoms with Crippen LogP contribution >= 0.6 is 0 Å². The molecule has 0 saturated carbocycles. The Kier molecular flexibility index (Phi) is 12.2. The molecule has 0 aliphatic carbocycles. The van der Waals surface area contributed by atoms with Crippen LogP contribution in [0.25, 0.3) is 0 Å². The van der Waals surface area contributed by atoms with Crippen molar-refractivity contribution in [1.82, 2.24) is 10.6 Å². The first-order valence-corrected chi connectivity index (χ1v) is 6.99. The molecule has 0 fully saturated rings. The van der Waals surface area contributed by atoms with Crippen molar-refractivity contribution in [3.8, 4) is 0 Å². The van der Waals surface area contributed by atoms with Gasteiger partial charge in [-0.15, -0.1) is 0 Å². The van der Waals surface area contributed by atoms with Crippen molar-refractivity contribution in [2.75, 3.05) is 26.2 Å². The van der Waals surface area contributed by atoms with E-state index in [1.165, 1.54) is 0 Å². The van der Waals surface area contributed by atoms with E-state index in [2.05, 4.69) is 24.5 Å². The Morgan fingerprint density at radius 2 is 1.82 bits per heavy atom. The minimum absolute atomic E-state index is 0.128. The second-order valence-corrected chi connectivity index (χ2v) is 4.49. The molecule has 0 aromatic rings. The molecule has 0 amide bonds. The van der Waals surface area contributed by atoms with Crippen molar-refractivity contribution >= 4 is 0 Å². The number of aliphatic hydroxyl groups excluding tert-OH is 2. The van der Waals surface area contributed by atoms with Crippen LogP contribution in [0.5, 0.6) is 0 Å². The first-order chi connectivity index (χ1) is 8.26. The van der Waals surface area contributed by atoms with Gasteiger partial charge >= 0.3 is 0 Å². The molecular formula is C13H30N2O2. The van der Waals surface area contributed by atoms with Crippen molar-refractivity contribution in [3.05, 3.63) is 0 Å². The number of hydrogen-bond acceptors (Lipinski definition) is 4. The molecule has 0 spiro atoms. The summed E-state index contributed by atoms with van der Waals surface area (Å²) in [5, 5.41) is 25.6. The van der Waals surface area contributed by atoms with E-state index >= 15 is 0 Å². The highest BCUT2D eigenvalue weighted by Gasteiger charge is 2.17. The topological polar surface area (TPSA) is 64.5 Å². The predicted molar refractivity (Wildman–Crippen MR) is 72.2 cm³/mol. The Hall–Kier alpha value is -0.160.